The molecule has 0 aliphatic carbocycles. The summed E-state index contributed by atoms with van der Waals surface area (Å²) in [7, 11) is 1.68. The van der Waals surface area contributed by atoms with Crippen molar-refractivity contribution >= 4 is 39.7 Å². The first-order valence-electron chi connectivity index (χ1n) is 6.32. The fraction of sp³-hybridized carbons (Fsp3) is 0.0714. The normalized spacial score (nSPS) is 10.6. The van der Waals surface area contributed by atoms with Crippen molar-refractivity contribution in [2.24, 2.45) is 0 Å². The standard InChI is InChI=1S/C14H10ClN5O2/c1-19(13-12(20(21)22)8-17-14(15)18-13)10-4-5-11-9(7-10)3-2-6-16-11/h2-8H,1H3. The van der Waals surface area contributed by atoms with Crippen LogP contribution in [0.5, 0.6) is 0 Å². The van der Waals surface area contributed by atoms with Crippen molar-refractivity contribution in [3.05, 3.63) is 58.1 Å². The molecule has 0 aliphatic heterocycles. The van der Waals surface area contributed by atoms with Gasteiger partial charge < -0.3 is 4.90 Å². The Kier molecular flexibility index (Phi) is 3.56. The first-order valence-corrected chi connectivity index (χ1v) is 6.69. The first kappa shape index (κ1) is 14.2. The van der Waals surface area contributed by atoms with Crippen LogP contribution in [-0.2, 0) is 0 Å². The Morgan fingerprint density at radius 2 is 2.09 bits per heavy atom. The lowest BCUT2D eigenvalue weighted by atomic mass is 10.2. The van der Waals surface area contributed by atoms with Gasteiger partial charge in [-0.3, -0.25) is 15.1 Å². The number of nitro groups is 1. The highest BCUT2D eigenvalue weighted by molar-refractivity contribution is 6.28. The van der Waals surface area contributed by atoms with Gasteiger partial charge in [0.25, 0.3) is 0 Å². The zero-order valence-electron chi connectivity index (χ0n) is 11.5. The van der Waals surface area contributed by atoms with E-state index in [0.29, 0.717) is 0 Å². The lowest BCUT2D eigenvalue weighted by Crippen LogP contribution is -2.14. The second-order valence-electron chi connectivity index (χ2n) is 4.54. The van der Waals surface area contributed by atoms with Gasteiger partial charge in [-0.15, -0.1) is 0 Å². The zero-order chi connectivity index (χ0) is 15.7. The molecule has 0 unspecified atom stereocenters. The Morgan fingerprint density at radius 3 is 2.86 bits per heavy atom. The molecule has 0 amide bonds. The second-order valence-corrected chi connectivity index (χ2v) is 4.88. The van der Waals surface area contributed by atoms with Crippen LogP contribution in [0, 0.1) is 10.1 Å². The number of benzene rings is 1. The number of hydrogen-bond donors (Lipinski definition) is 0. The second kappa shape index (κ2) is 5.53. The number of halogens is 1. The molecule has 0 aliphatic rings. The first-order chi connectivity index (χ1) is 10.6. The van der Waals surface area contributed by atoms with Gasteiger partial charge in [-0.1, -0.05) is 6.07 Å². The number of nitrogens with zero attached hydrogens (tertiary/aromatic N) is 5. The Bertz CT molecular complexity index is 871. The van der Waals surface area contributed by atoms with Crippen LogP contribution >= 0.6 is 11.6 Å². The molecule has 7 nitrogen and oxygen atoms in total. The average molecular weight is 316 g/mol. The third-order valence-electron chi connectivity index (χ3n) is 3.21. The molecular weight excluding hydrogens is 306 g/mol. The van der Waals surface area contributed by atoms with Crippen molar-refractivity contribution in [1.82, 2.24) is 15.0 Å². The third-order valence-corrected chi connectivity index (χ3v) is 3.39. The maximum atomic E-state index is 11.1. The molecule has 0 saturated heterocycles. The molecule has 110 valence electrons. The number of rotatable bonds is 3. The molecule has 0 radical (unpaired) electrons. The van der Waals surface area contributed by atoms with Gasteiger partial charge in [0.1, 0.15) is 6.20 Å². The zero-order valence-corrected chi connectivity index (χ0v) is 12.2. The Balaban J connectivity index is 2.11. The highest BCUT2D eigenvalue weighted by Gasteiger charge is 2.21. The number of fused-ring (bicyclic) bond motifs is 1. The molecule has 22 heavy (non-hydrogen) atoms. The summed E-state index contributed by atoms with van der Waals surface area (Å²) in [5.74, 6) is 0.133. The summed E-state index contributed by atoms with van der Waals surface area (Å²) in [6, 6.07) is 9.28. The van der Waals surface area contributed by atoms with E-state index in [2.05, 4.69) is 15.0 Å². The molecule has 1 aromatic carbocycles. The van der Waals surface area contributed by atoms with Crippen LogP contribution < -0.4 is 4.90 Å². The Hall–Kier alpha value is -2.80. The van der Waals surface area contributed by atoms with Gasteiger partial charge in [0.15, 0.2) is 0 Å². The molecule has 3 aromatic rings. The molecular formula is C14H10ClN5O2. The van der Waals surface area contributed by atoms with Crippen LogP contribution in [0.15, 0.2) is 42.7 Å². The van der Waals surface area contributed by atoms with E-state index in [1.165, 1.54) is 0 Å². The molecule has 2 heterocycles. The number of pyridine rings is 1. The topological polar surface area (TPSA) is 85.0 Å². The van der Waals surface area contributed by atoms with Crippen LogP contribution in [0.25, 0.3) is 10.9 Å². The molecule has 8 heteroatoms. The summed E-state index contributed by atoms with van der Waals surface area (Å²) in [5.41, 5.74) is 1.37. The average Bonchev–Trinajstić information content (AvgIpc) is 2.53. The number of aromatic nitrogens is 3. The van der Waals surface area contributed by atoms with Crippen molar-refractivity contribution in [1.29, 1.82) is 0 Å². The monoisotopic (exact) mass is 315 g/mol. The van der Waals surface area contributed by atoms with Gasteiger partial charge in [0.2, 0.25) is 11.1 Å². The van der Waals surface area contributed by atoms with E-state index in [-0.39, 0.29) is 16.8 Å². The molecule has 0 spiro atoms. The van der Waals surface area contributed by atoms with Gasteiger partial charge in [-0.05, 0) is 35.9 Å². The van der Waals surface area contributed by atoms with Crippen LogP contribution in [0.3, 0.4) is 0 Å². The van der Waals surface area contributed by atoms with E-state index in [9.17, 15) is 10.1 Å². The van der Waals surface area contributed by atoms with E-state index in [0.717, 1.165) is 22.8 Å². The minimum absolute atomic E-state index is 0.0464. The summed E-state index contributed by atoms with van der Waals surface area (Å²) in [6.45, 7) is 0. The van der Waals surface area contributed by atoms with E-state index >= 15 is 0 Å². The van der Waals surface area contributed by atoms with Gasteiger partial charge >= 0.3 is 5.69 Å². The molecule has 0 atom stereocenters. The Morgan fingerprint density at radius 1 is 1.27 bits per heavy atom. The van der Waals surface area contributed by atoms with E-state index in [4.69, 9.17) is 11.6 Å². The van der Waals surface area contributed by atoms with Crippen molar-refractivity contribution in [2.75, 3.05) is 11.9 Å². The summed E-state index contributed by atoms with van der Waals surface area (Å²) in [5, 5.41) is 12.0. The molecule has 0 bridgehead atoms. The summed E-state index contributed by atoms with van der Waals surface area (Å²) in [6.07, 6.45) is 2.81. The van der Waals surface area contributed by atoms with Crippen molar-refractivity contribution < 1.29 is 4.92 Å². The van der Waals surface area contributed by atoms with Crippen molar-refractivity contribution in [2.45, 2.75) is 0 Å². The minimum atomic E-state index is -0.537. The lowest BCUT2D eigenvalue weighted by molar-refractivity contribution is -0.384. The van der Waals surface area contributed by atoms with Crippen molar-refractivity contribution in [3.8, 4) is 0 Å². The molecule has 0 N–H and O–H groups in total. The van der Waals surface area contributed by atoms with Gasteiger partial charge in [-0.25, -0.2) is 4.98 Å². The lowest BCUT2D eigenvalue weighted by Gasteiger charge is -2.18. The van der Waals surface area contributed by atoms with Crippen LogP contribution in [0.2, 0.25) is 5.28 Å². The molecule has 0 fully saturated rings. The summed E-state index contributed by atoms with van der Waals surface area (Å²) < 4.78 is 0. The maximum Gasteiger partial charge on any atom is 0.330 e. The van der Waals surface area contributed by atoms with Crippen LogP contribution in [0.4, 0.5) is 17.2 Å². The largest absolute Gasteiger partial charge is 0.330 e. The van der Waals surface area contributed by atoms with Gasteiger partial charge in [0, 0.05) is 24.3 Å². The fourth-order valence-corrected chi connectivity index (χ4v) is 2.24. The van der Waals surface area contributed by atoms with Gasteiger partial charge in [0.05, 0.1) is 10.4 Å². The molecule has 2 aromatic heterocycles. The van der Waals surface area contributed by atoms with Crippen LogP contribution in [0.1, 0.15) is 0 Å². The number of anilines is 2. The highest BCUT2D eigenvalue weighted by atomic mass is 35.5. The predicted octanol–water partition coefficient (Wildman–Crippen LogP) is 3.35. The van der Waals surface area contributed by atoms with Crippen molar-refractivity contribution in [3.63, 3.8) is 0 Å². The third kappa shape index (κ3) is 2.53. The minimum Gasteiger partial charge on any atom is -0.324 e. The SMILES string of the molecule is CN(c1ccc2ncccc2c1)c1nc(Cl)ncc1[N+](=O)[O-]. The molecule has 3 rings (SSSR count). The van der Waals surface area contributed by atoms with Gasteiger partial charge in [-0.2, -0.15) is 4.98 Å². The van der Waals surface area contributed by atoms with E-state index < -0.39 is 4.92 Å². The predicted molar refractivity (Wildman–Crippen MR) is 83.5 cm³/mol. The van der Waals surface area contributed by atoms with Crippen LogP contribution in [-0.4, -0.2) is 26.9 Å². The number of hydrogen-bond acceptors (Lipinski definition) is 6. The quantitative estimate of drug-likeness (QED) is 0.418. The van der Waals surface area contributed by atoms with E-state index in [1.54, 1.807) is 18.1 Å². The maximum absolute atomic E-state index is 11.1. The highest BCUT2D eigenvalue weighted by Crippen LogP contribution is 2.31. The van der Waals surface area contributed by atoms with E-state index in [1.807, 2.05) is 30.3 Å². The fourth-order valence-electron chi connectivity index (χ4n) is 2.12. The Labute approximate surface area is 130 Å². The smallest absolute Gasteiger partial charge is 0.324 e. The molecule has 0 saturated carbocycles. The summed E-state index contributed by atoms with van der Waals surface area (Å²) >= 11 is 5.77. The summed E-state index contributed by atoms with van der Waals surface area (Å²) in [4.78, 5) is 24.1.